The van der Waals surface area contributed by atoms with E-state index in [0.29, 0.717) is 16.3 Å². The second kappa shape index (κ2) is 7.53. The Balaban J connectivity index is 1.95. The summed E-state index contributed by atoms with van der Waals surface area (Å²) in [6.45, 7) is 3.50. The molecule has 0 fully saturated rings. The first kappa shape index (κ1) is 17.4. The highest BCUT2D eigenvalue weighted by Crippen LogP contribution is 2.23. The van der Waals surface area contributed by atoms with Crippen LogP contribution in [0.5, 0.6) is 0 Å². The lowest BCUT2D eigenvalue weighted by molar-refractivity contribution is -0.115. The van der Waals surface area contributed by atoms with Crippen molar-refractivity contribution in [2.75, 3.05) is 11.9 Å². The van der Waals surface area contributed by atoms with Gasteiger partial charge in [0.1, 0.15) is 11.6 Å². The highest BCUT2D eigenvalue weighted by atomic mass is 35.5. The van der Waals surface area contributed by atoms with Crippen LogP contribution in [0.3, 0.4) is 0 Å². The van der Waals surface area contributed by atoms with Crippen molar-refractivity contribution in [3.8, 4) is 0 Å². The van der Waals surface area contributed by atoms with E-state index in [1.54, 1.807) is 25.1 Å². The van der Waals surface area contributed by atoms with Gasteiger partial charge in [0.2, 0.25) is 5.91 Å². The fraction of sp³-hybridized carbons (Fsp3) is 0.235. The summed E-state index contributed by atoms with van der Waals surface area (Å²) in [7, 11) is 0. The second-order valence-electron chi connectivity index (χ2n) is 5.23. The molecule has 2 N–H and O–H groups in total. The molecule has 122 valence electrons. The van der Waals surface area contributed by atoms with Crippen LogP contribution in [0, 0.1) is 18.6 Å². The Kier molecular flexibility index (Phi) is 5.69. The summed E-state index contributed by atoms with van der Waals surface area (Å²) >= 11 is 6.00. The molecule has 0 saturated carbocycles. The van der Waals surface area contributed by atoms with E-state index < -0.39 is 17.7 Å². The number of nitrogens with one attached hydrogen (secondary N) is 2. The molecular formula is C17H17ClF2N2O. The third kappa shape index (κ3) is 4.50. The van der Waals surface area contributed by atoms with Crippen molar-refractivity contribution in [3.05, 3.63) is 64.2 Å². The van der Waals surface area contributed by atoms with Crippen LogP contribution in [-0.2, 0) is 4.79 Å². The Hall–Kier alpha value is -1.98. The lowest BCUT2D eigenvalue weighted by atomic mass is 10.1. The van der Waals surface area contributed by atoms with Gasteiger partial charge in [0, 0.05) is 28.4 Å². The predicted molar refractivity (Wildman–Crippen MR) is 87.6 cm³/mol. The molecule has 0 aromatic heterocycles. The Bertz CT molecular complexity index is 722. The third-order valence-corrected chi connectivity index (χ3v) is 3.95. The average Bonchev–Trinajstić information content (AvgIpc) is 2.49. The van der Waals surface area contributed by atoms with Crippen molar-refractivity contribution in [2.24, 2.45) is 0 Å². The highest BCUT2D eigenvalue weighted by Gasteiger charge is 2.13. The lowest BCUT2D eigenvalue weighted by Gasteiger charge is -2.15. The Labute approximate surface area is 138 Å². The zero-order valence-corrected chi connectivity index (χ0v) is 13.5. The second-order valence-corrected chi connectivity index (χ2v) is 5.64. The molecule has 1 amide bonds. The van der Waals surface area contributed by atoms with Crippen LogP contribution in [-0.4, -0.2) is 12.5 Å². The van der Waals surface area contributed by atoms with Crippen molar-refractivity contribution in [2.45, 2.75) is 19.9 Å². The minimum atomic E-state index is -0.643. The molecule has 0 bridgehead atoms. The van der Waals surface area contributed by atoms with E-state index in [2.05, 4.69) is 10.6 Å². The topological polar surface area (TPSA) is 41.1 Å². The first-order valence-corrected chi connectivity index (χ1v) is 7.49. The van der Waals surface area contributed by atoms with Crippen LogP contribution in [0.15, 0.2) is 36.4 Å². The molecule has 0 radical (unpaired) electrons. The van der Waals surface area contributed by atoms with Crippen LogP contribution in [0.1, 0.15) is 24.1 Å². The molecule has 0 unspecified atom stereocenters. The Morgan fingerprint density at radius 3 is 2.70 bits per heavy atom. The van der Waals surface area contributed by atoms with Crippen molar-refractivity contribution < 1.29 is 13.6 Å². The molecule has 0 heterocycles. The van der Waals surface area contributed by atoms with Crippen LogP contribution in [0.25, 0.3) is 0 Å². The summed E-state index contributed by atoms with van der Waals surface area (Å²) in [5.41, 5.74) is 1.71. The van der Waals surface area contributed by atoms with Crippen LogP contribution >= 0.6 is 11.6 Å². The molecule has 2 aromatic rings. The van der Waals surface area contributed by atoms with Gasteiger partial charge in [-0.1, -0.05) is 23.7 Å². The number of anilines is 1. The first-order chi connectivity index (χ1) is 10.9. The molecule has 2 aromatic carbocycles. The highest BCUT2D eigenvalue weighted by molar-refractivity contribution is 6.31. The van der Waals surface area contributed by atoms with E-state index in [1.165, 1.54) is 12.1 Å². The maximum absolute atomic E-state index is 13.7. The monoisotopic (exact) mass is 338 g/mol. The Morgan fingerprint density at radius 1 is 1.26 bits per heavy atom. The number of rotatable bonds is 5. The largest absolute Gasteiger partial charge is 0.325 e. The van der Waals surface area contributed by atoms with Gasteiger partial charge in [-0.15, -0.1) is 0 Å². The standard InChI is InChI=1S/C17H17ClF2N2O/c1-10-14(18)4-3-5-16(10)22-17(23)9-21-11(2)13-7-6-12(19)8-15(13)20/h3-8,11,21H,9H2,1-2H3,(H,22,23)/t11-/m0/s1. The normalized spacial score (nSPS) is 12.0. The van der Waals surface area contributed by atoms with Crippen molar-refractivity contribution in [1.82, 2.24) is 5.32 Å². The summed E-state index contributed by atoms with van der Waals surface area (Å²) in [6, 6.07) is 8.18. The third-order valence-electron chi connectivity index (χ3n) is 3.54. The molecule has 0 aliphatic rings. The van der Waals surface area contributed by atoms with Gasteiger partial charge < -0.3 is 10.6 Å². The summed E-state index contributed by atoms with van der Waals surface area (Å²) < 4.78 is 26.6. The van der Waals surface area contributed by atoms with Gasteiger partial charge in [-0.2, -0.15) is 0 Å². The minimum Gasteiger partial charge on any atom is -0.325 e. The molecule has 23 heavy (non-hydrogen) atoms. The number of carbonyl (C=O) groups is 1. The molecule has 0 saturated heterocycles. The molecule has 0 aliphatic carbocycles. The van der Waals surface area contributed by atoms with E-state index in [9.17, 15) is 13.6 Å². The zero-order valence-electron chi connectivity index (χ0n) is 12.8. The van der Waals surface area contributed by atoms with Gasteiger partial charge in [-0.05, 0) is 37.6 Å². The first-order valence-electron chi connectivity index (χ1n) is 7.11. The quantitative estimate of drug-likeness (QED) is 0.857. The number of carbonyl (C=O) groups excluding carboxylic acids is 1. The number of hydrogen-bond acceptors (Lipinski definition) is 2. The number of amides is 1. The molecule has 0 aliphatic heterocycles. The number of benzene rings is 2. The smallest absolute Gasteiger partial charge is 0.238 e. The van der Waals surface area contributed by atoms with Crippen LogP contribution in [0.4, 0.5) is 14.5 Å². The summed E-state index contributed by atoms with van der Waals surface area (Å²) in [4.78, 5) is 12.0. The summed E-state index contributed by atoms with van der Waals surface area (Å²) in [5, 5.41) is 6.21. The molecule has 6 heteroatoms. The van der Waals surface area contributed by atoms with Crippen LogP contribution in [0.2, 0.25) is 5.02 Å². The van der Waals surface area contributed by atoms with E-state index in [0.717, 1.165) is 11.6 Å². The number of halogens is 3. The van der Waals surface area contributed by atoms with Crippen molar-refractivity contribution in [1.29, 1.82) is 0 Å². The van der Waals surface area contributed by atoms with Crippen molar-refractivity contribution >= 4 is 23.2 Å². The fourth-order valence-corrected chi connectivity index (χ4v) is 2.32. The maximum Gasteiger partial charge on any atom is 0.238 e. The van der Waals surface area contributed by atoms with Crippen LogP contribution < -0.4 is 10.6 Å². The van der Waals surface area contributed by atoms with E-state index in [-0.39, 0.29) is 12.5 Å². The van der Waals surface area contributed by atoms with E-state index in [4.69, 9.17) is 11.6 Å². The average molecular weight is 339 g/mol. The van der Waals surface area contributed by atoms with Gasteiger partial charge in [-0.3, -0.25) is 4.79 Å². The van der Waals surface area contributed by atoms with Gasteiger partial charge in [0.15, 0.2) is 0 Å². The predicted octanol–water partition coefficient (Wildman–Crippen LogP) is 4.22. The summed E-state index contributed by atoms with van der Waals surface area (Å²) in [6.07, 6.45) is 0. The van der Waals surface area contributed by atoms with Gasteiger partial charge in [0.05, 0.1) is 6.54 Å². The van der Waals surface area contributed by atoms with Crippen molar-refractivity contribution in [3.63, 3.8) is 0 Å². The SMILES string of the molecule is Cc1c(Cl)cccc1NC(=O)CN[C@@H](C)c1ccc(F)cc1F. The molecular weight excluding hydrogens is 322 g/mol. The van der Waals surface area contributed by atoms with E-state index >= 15 is 0 Å². The molecule has 3 nitrogen and oxygen atoms in total. The van der Waals surface area contributed by atoms with E-state index in [1.807, 2.05) is 6.92 Å². The van der Waals surface area contributed by atoms with Gasteiger partial charge in [0.25, 0.3) is 0 Å². The fourth-order valence-electron chi connectivity index (χ4n) is 2.15. The molecule has 0 spiro atoms. The Morgan fingerprint density at radius 2 is 2.00 bits per heavy atom. The molecule has 1 atom stereocenters. The minimum absolute atomic E-state index is 0.00998. The maximum atomic E-state index is 13.7. The zero-order chi connectivity index (χ0) is 17.0. The van der Waals surface area contributed by atoms with Gasteiger partial charge in [-0.25, -0.2) is 8.78 Å². The number of hydrogen-bond donors (Lipinski definition) is 2. The lowest BCUT2D eigenvalue weighted by Crippen LogP contribution is -2.30. The van der Waals surface area contributed by atoms with Gasteiger partial charge >= 0.3 is 0 Å². The molecule has 2 rings (SSSR count). The summed E-state index contributed by atoms with van der Waals surface area (Å²) in [5.74, 6) is -1.55.